The third-order valence-electron chi connectivity index (χ3n) is 5.35. The molecule has 3 rings (SSSR count). The lowest BCUT2D eigenvalue weighted by molar-refractivity contribution is -0.895. The summed E-state index contributed by atoms with van der Waals surface area (Å²) in [7, 11) is 0. The van der Waals surface area contributed by atoms with Crippen LogP contribution in [-0.4, -0.2) is 67.9 Å². The van der Waals surface area contributed by atoms with Gasteiger partial charge in [0.15, 0.2) is 11.7 Å². The molecule has 3 N–H and O–H groups in total. The highest BCUT2D eigenvalue weighted by Gasteiger charge is 2.24. The number of quaternary nitrogens is 1. The lowest BCUT2D eigenvalue weighted by Gasteiger charge is -2.33. The number of carbonyl (C=O) groups is 1. The van der Waals surface area contributed by atoms with Crippen LogP contribution in [-0.2, 0) is 16.0 Å². The maximum absolute atomic E-state index is 12.4. The number of thiocarbonyl (C=S) groups is 1. The maximum Gasteiger partial charge on any atom is 0.279 e. The highest BCUT2D eigenvalue weighted by atomic mass is 32.1. The summed E-state index contributed by atoms with van der Waals surface area (Å²) in [6.07, 6.45) is 3.47. The Balaban J connectivity index is 1.38. The number of benzene rings is 1. The first-order chi connectivity index (χ1) is 13.2. The molecule has 0 unspecified atom stereocenters. The molecule has 1 atom stereocenters. The van der Waals surface area contributed by atoms with E-state index in [1.54, 1.807) is 0 Å². The fourth-order valence-electron chi connectivity index (χ4n) is 3.69. The van der Waals surface area contributed by atoms with Crippen LogP contribution in [0, 0.1) is 0 Å². The predicted octanol–water partition coefficient (Wildman–Crippen LogP) is 0.442. The Bertz CT molecular complexity index is 641. The zero-order valence-corrected chi connectivity index (χ0v) is 16.9. The quantitative estimate of drug-likeness (QED) is 0.615. The molecule has 0 aliphatic carbocycles. The van der Waals surface area contributed by atoms with Gasteiger partial charge in [0.05, 0.1) is 32.3 Å². The van der Waals surface area contributed by atoms with Crippen LogP contribution in [0.2, 0.25) is 0 Å². The molecule has 2 aliphatic heterocycles. The summed E-state index contributed by atoms with van der Waals surface area (Å²) >= 11 is 5.52. The molecule has 27 heavy (non-hydrogen) atoms. The monoisotopic (exact) mass is 391 g/mol. The highest BCUT2D eigenvalue weighted by Crippen LogP contribution is 2.15. The Hall–Kier alpha value is -1.70. The third kappa shape index (κ3) is 5.89. The average Bonchev–Trinajstić information content (AvgIpc) is 3.20. The number of amides is 1. The molecule has 148 valence electrons. The summed E-state index contributed by atoms with van der Waals surface area (Å²) in [6.45, 7) is 7.87. The number of aryl methyl sites for hydroxylation is 1. The molecule has 0 spiro atoms. The van der Waals surface area contributed by atoms with Gasteiger partial charge < -0.3 is 25.2 Å². The molecule has 2 aliphatic rings. The van der Waals surface area contributed by atoms with Gasteiger partial charge >= 0.3 is 0 Å². The minimum Gasteiger partial charge on any atom is -0.376 e. The Kier molecular flexibility index (Phi) is 7.43. The highest BCUT2D eigenvalue weighted by molar-refractivity contribution is 7.80. The molecule has 2 fully saturated rings. The summed E-state index contributed by atoms with van der Waals surface area (Å²) in [5, 5.41) is 7.22. The van der Waals surface area contributed by atoms with Crippen LogP contribution in [0.5, 0.6) is 0 Å². The zero-order valence-electron chi connectivity index (χ0n) is 16.1. The van der Waals surface area contributed by atoms with Gasteiger partial charge in [-0.15, -0.1) is 0 Å². The van der Waals surface area contributed by atoms with E-state index < -0.39 is 0 Å². The van der Waals surface area contributed by atoms with E-state index in [1.165, 1.54) is 10.5 Å². The van der Waals surface area contributed by atoms with E-state index in [1.807, 2.05) is 18.2 Å². The molecule has 1 amide bonds. The average molecular weight is 392 g/mol. The second-order valence-electron chi connectivity index (χ2n) is 7.29. The van der Waals surface area contributed by atoms with Crippen LogP contribution in [0.3, 0.4) is 0 Å². The number of anilines is 1. The largest absolute Gasteiger partial charge is 0.376 e. The summed E-state index contributed by atoms with van der Waals surface area (Å²) < 4.78 is 5.63. The van der Waals surface area contributed by atoms with Crippen molar-refractivity contribution in [1.82, 2.24) is 10.2 Å². The van der Waals surface area contributed by atoms with E-state index >= 15 is 0 Å². The molecule has 0 bridgehead atoms. The van der Waals surface area contributed by atoms with Crippen molar-refractivity contribution in [3.8, 4) is 0 Å². The SMILES string of the molecule is CCc1ccccc1NC(=O)C[NH+]1CCN(C(=S)NC[C@H]2CCCO2)CC1. The summed E-state index contributed by atoms with van der Waals surface area (Å²) in [6, 6.07) is 8.01. The van der Waals surface area contributed by atoms with Gasteiger partial charge in [-0.25, -0.2) is 0 Å². The number of ether oxygens (including phenoxy) is 1. The number of piperazine rings is 1. The lowest BCUT2D eigenvalue weighted by Crippen LogP contribution is -3.15. The van der Waals surface area contributed by atoms with E-state index in [2.05, 4.69) is 28.5 Å². The van der Waals surface area contributed by atoms with Gasteiger partial charge in [0.2, 0.25) is 0 Å². The Morgan fingerprint density at radius 1 is 1.33 bits per heavy atom. The number of carbonyl (C=O) groups excluding carboxylic acids is 1. The molecule has 1 aromatic carbocycles. The first-order valence-electron chi connectivity index (χ1n) is 10.0. The molecule has 6 nitrogen and oxygen atoms in total. The Morgan fingerprint density at radius 2 is 2.11 bits per heavy atom. The number of rotatable bonds is 6. The summed E-state index contributed by atoms with van der Waals surface area (Å²) in [4.78, 5) is 15.9. The van der Waals surface area contributed by atoms with E-state index in [9.17, 15) is 4.79 Å². The topological polar surface area (TPSA) is 58.0 Å². The molecule has 0 radical (unpaired) electrons. The van der Waals surface area contributed by atoms with Gasteiger partial charge in [-0.05, 0) is 43.1 Å². The second-order valence-corrected chi connectivity index (χ2v) is 7.68. The van der Waals surface area contributed by atoms with Crippen molar-refractivity contribution < 1.29 is 14.4 Å². The smallest absolute Gasteiger partial charge is 0.279 e. The molecule has 2 heterocycles. The van der Waals surface area contributed by atoms with E-state index in [0.29, 0.717) is 12.6 Å². The van der Waals surface area contributed by atoms with Gasteiger partial charge in [-0.3, -0.25) is 4.79 Å². The van der Waals surface area contributed by atoms with Gasteiger partial charge in [0.1, 0.15) is 0 Å². The van der Waals surface area contributed by atoms with Crippen LogP contribution in [0.1, 0.15) is 25.3 Å². The fraction of sp³-hybridized carbons (Fsp3) is 0.600. The standard InChI is InChI=1S/C20H30N4O2S/c1-2-16-6-3-4-8-18(16)22-19(25)15-23-9-11-24(12-10-23)20(27)21-14-17-7-5-13-26-17/h3-4,6,8,17H,2,5,7,9-15H2,1H3,(H,21,27)(H,22,25)/p+1/t17-/m1/s1. The zero-order chi connectivity index (χ0) is 19.1. The summed E-state index contributed by atoms with van der Waals surface area (Å²) in [5.41, 5.74) is 2.11. The van der Waals surface area contributed by atoms with Crippen molar-refractivity contribution >= 4 is 28.9 Å². The second kappa shape index (κ2) is 10.0. The molecule has 1 aromatic rings. The predicted molar refractivity (Wildman–Crippen MR) is 111 cm³/mol. The van der Waals surface area contributed by atoms with Crippen LogP contribution in [0.25, 0.3) is 0 Å². The fourth-order valence-corrected chi connectivity index (χ4v) is 3.96. The first kappa shape index (κ1) is 20.0. The van der Waals surface area contributed by atoms with Crippen molar-refractivity contribution in [2.24, 2.45) is 0 Å². The minimum absolute atomic E-state index is 0.0819. The molecule has 7 heteroatoms. The van der Waals surface area contributed by atoms with Crippen molar-refractivity contribution in [1.29, 1.82) is 0 Å². The molecular weight excluding hydrogens is 360 g/mol. The van der Waals surface area contributed by atoms with Crippen molar-refractivity contribution in [2.75, 3.05) is 51.2 Å². The minimum atomic E-state index is 0.0819. The molecule has 0 saturated carbocycles. The first-order valence-corrected chi connectivity index (χ1v) is 10.4. The van der Waals surface area contributed by atoms with Crippen LogP contribution >= 0.6 is 12.2 Å². The van der Waals surface area contributed by atoms with Crippen molar-refractivity contribution in [2.45, 2.75) is 32.3 Å². The number of hydrogen-bond donors (Lipinski definition) is 3. The Labute approximate surface area is 167 Å². The number of nitrogens with one attached hydrogen (secondary N) is 3. The van der Waals surface area contributed by atoms with Gasteiger partial charge in [0.25, 0.3) is 5.91 Å². The van der Waals surface area contributed by atoms with E-state index in [4.69, 9.17) is 17.0 Å². The Morgan fingerprint density at radius 3 is 2.81 bits per heavy atom. The van der Waals surface area contributed by atoms with Gasteiger partial charge in [-0.2, -0.15) is 0 Å². The third-order valence-corrected chi connectivity index (χ3v) is 5.75. The van der Waals surface area contributed by atoms with Crippen LogP contribution in [0.4, 0.5) is 5.69 Å². The van der Waals surface area contributed by atoms with E-state index in [-0.39, 0.29) is 5.91 Å². The normalized spacial score (nSPS) is 20.5. The van der Waals surface area contributed by atoms with Crippen molar-refractivity contribution in [3.63, 3.8) is 0 Å². The number of hydrogen-bond acceptors (Lipinski definition) is 3. The number of nitrogens with zero attached hydrogens (tertiary/aromatic N) is 1. The van der Waals surface area contributed by atoms with Crippen LogP contribution < -0.4 is 15.5 Å². The molecule has 2 saturated heterocycles. The molecular formula is C20H31N4O2S+. The van der Waals surface area contributed by atoms with Gasteiger partial charge in [-0.1, -0.05) is 25.1 Å². The van der Waals surface area contributed by atoms with E-state index in [0.717, 1.165) is 69.4 Å². The maximum atomic E-state index is 12.4. The van der Waals surface area contributed by atoms with Crippen LogP contribution in [0.15, 0.2) is 24.3 Å². The summed E-state index contributed by atoms with van der Waals surface area (Å²) in [5.74, 6) is 0.0819. The lowest BCUT2D eigenvalue weighted by atomic mass is 10.1. The number of para-hydroxylation sites is 1. The van der Waals surface area contributed by atoms with Gasteiger partial charge in [0, 0.05) is 18.8 Å². The van der Waals surface area contributed by atoms with Crippen molar-refractivity contribution in [3.05, 3.63) is 29.8 Å². The molecule has 0 aromatic heterocycles.